The van der Waals surface area contributed by atoms with Gasteiger partial charge in [0.05, 0.1) is 0 Å². The highest BCUT2D eigenvalue weighted by Crippen LogP contribution is 2.37. The standard InChI is InChI=1S/C8H13NO/c10-5-6-1-7-3-9-4-8(7)2-6/h5-9H,1-4H2/t6?,7-,8+. The van der Waals surface area contributed by atoms with Gasteiger partial charge in [-0.25, -0.2) is 0 Å². The van der Waals surface area contributed by atoms with Gasteiger partial charge < -0.3 is 10.1 Å². The van der Waals surface area contributed by atoms with Gasteiger partial charge in [-0.15, -0.1) is 0 Å². The molecule has 1 aliphatic carbocycles. The lowest BCUT2D eigenvalue weighted by molar-refractivity contribution is -0.111. The molecule has 3 atom stereocenters. The van der Waals surface area contributed by atoms with E-state index in [1.165, 1.54) is 0 Å². The Morgan fingerprint density at radius 1 is 1.20 bits per heavy atom. The Kier molecular flexibility index (Phi) is 1.49. The molecule has 2 aliphatic rings. The van der Waals surface area contributed by atoms with E-state index in [4.69, 9.17) is 0 Å². The largest absolute Gasteiger partial charge is 0.316 e. The van der Waals surface area contributed by atoms with E-state index in [0.29, 0.717) is 5.92 Å². The van der Waals surface area contributed by atoms with Crippen molar-refractivity contribution in [3.63, 3.8) is 0 Å². The molecule has 2 rings (SSSR count). The molecule has 56 valence electrons. The molecule has 0 spiro atoms. The van der Waals surface area contributed by atoms with Crippen LogP contribution in [-0.2, 0) is 4.79 Å². The minimum atomic E-state index is 0.386. The van der Waals surface area contributed by atoms with Crippen LogP contribution >= 0.6 is 0 Å². The topological polar surface area (TPSA) is 29.1 Å². The first-order valence-corrected chi connectivity index (χ1v) is 4.06. The van der Waals surface area contributed by atoms with Crippen LogP contribution in [0.2, 0.25) is 0 Å². The third-order valence-corrected chi connectivity index (χ3v) is 2.88. The Bertz CT molecular complexity index is 134. The summed E-state index contributed by atoms with van der Waals surface area (Å²) in [5, 5.41) is 3.35. The molecule has 0 aromatic carbocycles. The third-order valence-electron chi connectivity index (χ3n) is 2.88. The Morgan fingerprint density at radius 2 is 1.80 bits per heavy atom. The Balaban J connectivity index is 1.99. The molecular weight excluding hydrogens is 126 g/mol. The number of carbonyl (C=O) groups is 1. The zero-order valence-corrected chi connectivity index (χ0v) is 6.05. The SMILES string of the molecule is O=CC1C[C@H]2CNC[C@H]2C1. The molecule has 0 aromatic rings. The summed E-state index contributed by atoms with van der Waals surface area (Å²) in [4.78, 5) is 10.4. The third kappa shape index (κ3) is 0.870. The molecular formula is C8H13NO. The van der Waals surface area contributed by atoms with Crippen molar-refractivity contribution in [3.8, 4) is 0 Å². The summed E-state index contributed by atoms with van der Waals surface area (Å²) in [5.41, 5.74) is 0. The van der Waals surface area contributed by atoms with Crippen molar-refractivity contribution in [2.75, 3.05) is 13.1 Å². The average Bonchev–Trinajstić information content (AvgIpc) is 2.42. The van der Waals surface area contributed by atoms with E-state index in [9.17, 15) is 4.79 Å². The Labute approximate surface area is 61.0 Å². The van der Waals surface area contributed by atoms with Gasteiger partial charge in [-0.05, 0) is 37.8 Å². The van der Waals surface area contributed by atoms with Crippen LogP contribution in [0.1, 0.15) is 12.8 Å². The highest BCUT2D eigenvalue weighted by atomic mass is 16.1. The minimum Gasteiger partial charge on any atom is -0.316 e. The maximum atomic E-state index is 10.4. The van der Waals surface area contributed by atoms with Gasteiger partial charge >= 0.3 is 0 Å². The number of hydrogen-bond donors (Lipinski definition) is 1. The quantitative estimate of drug-likeness (QED) is 0.534. The van der Waals surface area contributed by atoms with Gasteiger partial charge in [0.15, 0.2) is 0 Å². The molecule has 1 N–H and O–H groups in total. The fraction of sp³-hybridized carbons (Fsp3) is 0.875. The second-order valence-electron chi connectivity index (χ2n) is 3.55. The summed E-state index contributed by atoms with van der Waals surface area (Å²) >= 11 is 0. The molecule has 2 nitrogen and oxygen atoms in total. The predicted octanol–water partition coefficient (Wildman–Crippen LogP) is 0.431. The van der Waals surface area contributed by atoms with E-state index in [2.05, 4.69) is 5.32 Å². The summed E-state index contributed by atoms with van der Waals surface area (Å²) in [6, 6.07) is 0. The minimum absolute atomic E-state index is 0.386. The molecule has 1 unspecified atom stereocenters. The number of fused-ring (bicyclic) bond motifs is 1. The van der Waals surface area contributed by atoms with Gasteiger partial charge in [-0.2, -0.15) is 0 Å². The summed E-state index contributed by atoms with van der Waals surface area (Å²) in [6.07, 6.45) is 3.42. The van der Waals surface area contributed by atoms with Crippen molar-refractivity contribution in [1.29, 1.82) is 0 Å². The van der Waals surface area contributed by atoms with Gasteiger partial charge in [-0.1, -0.05) is 0 Å². The molecule has 1 saturated carbocycles. The van der Waals surface area contributed by atoms with E-state index in [1.807, 2.05) is 0 Å². The maximum absolute atomic E-state index is 10.4. The van der Waals surface area contributed by atoms with Crippen LogP contribution in [0.25, 0.3) is 0 Å². The van der Waals surface area contributed by atoms with Gasteiger partial charge in [0.25, 0.3) is 0 Å². The van der Waals surface area contributed by atoms with Gasteiger partial charge in [0.2, 0.25) is 0 Å². The summed E-state index contributed by atoms with van der Waals surface area (Å²) in [6.45, 7) is 2.30. The van der Waals surface area contributed by atoms with Gasteiger partial charge in [0.1, 0.15) is 6.29 Å². The first kappa shape index (κ1) is 6.35. The molecule has 1 saturated heterocycles. The maximum Gasteiger partial charge on any atom is 0.123 e. The fourth-order valence-corrected chi connectivity index (χ4v) is 2.32. The lowest BCUT2D eigenvalue weighted by Gasteiger charge is -2.02. The summed E-state index contributed by atoms with van der Waals surface area (Å²) < 4.78 is 0. The number of aldehydes is 1. The van der Waals surface area contributed by atoms with Crippen molar-refractivity contribution in [1.82, 2.24) is 5.32 Å². The number of hydrogen-bond acceptors (Lipinski definition) is 2. The lowest BCUT2D eigenvalue weighted by atomic mass is 10.0. The Hall–Kier alpha value is -0.370. The van der Waals surface area contributed by atoms with Crippen molar-refractivity contribution >= 4 is 6.29 Å². The highest BCUT2D eigenvalue weighted by Gasteiger charge is 2.36. The van der Waals surface area contributed by atoms with Crippen LogP contribution in [0, 0.1) is 17.8 Å². The van der Waals surface area contributed by atoms with Gasteiger partial charge in [-0.3, -0.25) is 0 Å². The molecule has 0 amide bonds. The molecule has 0 radical (unpaired) electrons. The van der Waals surface area contributed by atoms with Crippen LogP contribution in [0.4, 0.5) is 0 Å². The van der Waals surface area contributed by atoms with E-state index >= 15 is 0 Å². The normalized spacial score (nSPS) is 45.4. The van der Waals surface area contributed by atoms with Crippen LogP contribution < -0.4 is 5.32 Å². The molecule has 1 heterocycles. The smallest absolute Gasteiger partial charge is 0.123 e. The van der Waals surface area contributed by atoms with Crippen LogP contribution in [-0.4, -0.2) is 19.4 Å². The first-order valence-electron chi connectivity index (χ1n) is 4.06. The van der Waals surface area contributed by atoms with E-state index in [1.54, 1.807) is 0 Å². The molecule has 2 heteroatoms. The van der Waals surface area contributed by atoms with Crippen molar-refractivity contribution in [2.45, 2.75) is 12.8 Å². The first-order chi connectivity index (χ1) is 4.90. The van der Waals surface area contributed by atoms with Crippen LogP contribution in [0.3, 0.4) is 0 Å². The predicted molar refractivity (Wildman–Crippen MR) is 38.6 cm³/mol. The van der Waals surface area contributed by atoms with Crippen molar-refractivity contribution in [2.24, 2.45) is 17.8 Å². The number of rotatable bonds is 1. The van der Waals surface area contributed by atoms with E-state index in [-0.39, 0.29) is 0 Å². The highest BCUT2D eigenvalue weighted by molar-refractivity contribution is 5.54. The molecule has 2 fully saturated rings. The molecule has 0 bridgehead atoms. The van der Waals surface area contributed by atoms with Crippen molar-refractivity contribution < 1.29 is 4.79 Å². The summed E-state index contributed by atoms with van der Waals surface area (Å²) in [5.74, 6) is 2.02. The monoisotopic (exact) mass is 139 g/mol. The van der Waals surface area contributed by atoms with Crippen LogP contribution in [0.5, 0.6) is 0 Å². The average molecular weight is 139 g/mol. The number of nitrogens with one attached hydrogen (secondary N) is 1. The van der Waals surface area contributed by atoms with Crippen molar-refractivity contribution in [3.05, 3.63) is 0 Å². The summed E-state index contributed by atoms with van der Waals surface area (Å²) in [7, 11) is 0. The second kappa shape index (κ2) is 2.35. The van der Waals surface area contributed by atoms with E-state index < -0.39 is 0 Å². The van der Waals surface area contributed by atoms with E-state index in [0.717, 1.165) is 44.1 Å². The Morgan fingerprint density at radius 3 is 2.30 bits per heavy atom. The zero-order chi connectivity index (χ0) is 6.97. The molecule has 1 aliphatic heterocycles. The van der Waals surface area contributed by atoms with Gasteiger partial charge in [0, 0.05) is 5.92 Å². The second-order valence-corrected chi connectivity index (χ2v) is 3.55. The fourth-order valence-electron chi connectivity index (χ4n) is 2.32. The lowest BCUT2D eigenvalue weighted by Crippen LogP contribution is -2.12. The van der Waals surface area contributed by atoms with Crippen LogP contribution in [0.15, 0.2) is 0 Å². The zero-order valence-electron chi connectivity index (χ0n) is 6.05. The number of carbonyl (C=O) groups excluding carboxylic acids is 1. The molecule has 0 aromatic heterocycles. The molecule has 10 heavy (non-hydrogen) atoms.